The second-order valence-corrected chi connectivity index (χ2v) is 4.45. The van der Waals surface area contributed by atoms with Gasteiger partial charge in [-0.25, -0.2) is 10.4 Å². The standard InChI is InChI=1S/C13H16N4O2/c1-17-7-6-15-13(17)12(16-14)11-8-18-9-4-2-3-5-10(9)19-11/h2-7,11-12,16H,8,14H2,1H3. The van der Waals surface area contributed by atoms with Crippen LogP contribution < -0.4 is 20.7 Å². The monoisotopic (exact) mass is 260 g/mol. The minimum absolute atomic E-state index is 0.221. The lowest BCUT2D eigenvalue weighted by molar-refractivity contribution is 0.0585. The fourth-order valence-corrected chi connectivity index (χ4v) is 2.23. The van der Waals surface area contributed by atoms with E-state index >= 15 is 0 Å². The molecule has 0 saturated heterocycles. The van der Waals surface area contributed by atoms with Crippen LogP contribution in [-0.2, 0) is 7.05 Å². The number of aromatic nitrogens is 2. The SMILES string of the molecule is Cn1ccnc1C(NN)C1COc2ccccc2O1. The van der Waals surface area contributed by atoms with Crippen molar-refractivity contribution in [2.45, 2.75) is 12.1 Å². The maximum absolute atomic E-state index is 5.94. The van der Waals surface area contributed by atoms with Crippen molar-refractivity contribution in [2.75, 3.05) is 6.61 Å². The van der Waals surface area contributed by atoms with E-state index in [1.54, 1.807) is 6.20 Å². The summed E-state index contributed by atoms with van der Waals surface area (Å²) < 4.78 is 13.6. The third-order valence-electron chi connectivity index (χ3n) is 3.22. The number of benzene rings is 1. The molecule has 1 aliphatic rings. The molecule has 0 bridgehead atoms. The van der Waals surface area contributed by atoms with Gasteiger partial charge >= 0.3 is 0 Å². The van der Waals surface area contributed by atoms with Crippen LogP contribution in [0.5, 0.6) is 11.5 Å². The number of fused-ring (bicyclic) bond motifs is 1. The van der Waals surface area contributed by atoms with E-state index in [9.17, 15) is 0 Å². The van der Waals surface area contributed by atoms with E-state index in [1.165, 1.54) is 0 Å². The van der Waals surface area contributed by atoms with Crippen LogP contribution in [0, 0.1) is 0 Å². The molecule has 0 aliphatic carbocycles. The van der Waals surface area contributed by atoms with Gasteiger partial charge in [0.15, 0.2) is 17.6 Å². The molecule has 2 heterocycles. The van der Waals surface area contributed by atoms with Crippen molar-refractivity contribution >= 4 is 0 Å². The number of nitrogens with zero attached hydrogens (tertiary/aromatic N) is 2. The van der Waals surface area contributed by atoms with Crippen LogP contribution in [0.15, 0.2) is 36.7 Å². The Morgan fingerprint density at radius 2 is 2.21 bits per heavy atom. The Morgan fingerprint density at radius 1 is 1.42 bits per heavy atom. The summed E-state index contributed by atoms with van der Waals surface area (Å²) >= 11 is 0. The molecule has 1 aromatic heterocycles. The largest absolute Gasteiger partial charge is 0.486 e. The molecule has 0 fully saturated rings. The minimum atomic E-state index is -0.228. The van der Waals surface area contributed by atoms with Crippen LogP contribution in [0.3, 0.4) is 0 Å². The summed E-state index contributed by atoms with van der Waals surface area (Å²) in [7, 11) is 1.92. The number of rotatable bonds is 3. The molecule has 0 radical (unpaired) electrons. The summed E-state index contributed by atoms with van der Waals surface area (Å²) in [6.45, 7) is 0.429. The molecule has 3 N–H and O–H groups in total. The maximum atomic E-state index is 5.94. The molecule has 1 aliphatic heterocycles. The number of hydrogen-bond donors (Lipinski definition) is 2. The lowest BCUT2D eigenvalue weighted by atomic mass is 10.1. The molecule has 0 amide bonds. The number of ether oxygens (including phenoxy) is 2. The maximum Gasteiger partial charge on any atom is 0.161 e. The fraction of sp³-hybridized carbons (Fsp3) is 0.308. The predicted molar refractivity (Wildman–Crippen MR) is 69.6 cm³/mol. The smallest absolute Gasteiger partial charge is 0.161 e. The van der Waals surface area contributed by atoms with Crippen LogP contribution >= 0.6 is 0 Å². The predicted octanol–water partition coefficient (Wildman–Crippen LogP) is 0.764. The van der Waals surface area contributed by atoms with Gasteiger partial charge in [-0.05, 0) is 12.1 Å². The molecule has 1 aromatic carbocycles. The first-order chi connectivity index (χ1) is 9.29. The normalized spacial score (nSPS) is 19.2. The highest BCUT2D eigenvalue weighted by Crippen LogP contribution is 2.33. The molecule has 19 heavy (non-hydrogen) atoms. The third-order valence-corrected chi connectivity index (χ3v) is 3.22. The van der Waals surface area contributed by atoms with Gasteiger partial charge in [-0.3, -0.25) is 5.84 Å². The van der Waals surface area contributed by atoms with Crippen LogP contribution in [0.4, 0.5) is 0 Å². The third kappa shape index (κ3) is 2.16. The number of nitrogens with one attached hydrogen (secondary N) is 1. The van der Waals surface area contributed by atoms with Crippen LogP contribution in [-0.4, -0.2) is 22.3 Å². The number of nitrogens with two attached hydrogens (primary N) is 1. The van der Waals surface area contributed by atoms with Crippen LogP contribution in [0.25, 0.3) is 0 Å². The summed E-state index contributed by atoms with van der Waals surface area (Å²) in [5.74, 6) is 7.95. The molecule has 6 heteroatoms. The Bertz CT molecular complexity index is 569. The molecule has 100 valence electrons. The Labute approximate surface area is 111 Å². The van der Waals surface area contributed by atoms with Gasteiger partial charge in [-0.15, -0.1) is 0 Å². The van der Waals surface area contributed by atoms with Crippen molar-refractivity contribution in [3.8, 4) is 11.5 Å². The Kier molecular flexibility index (Phi) is 3.10. The second kappa shape index (κ2) is 4.91. The summed E-state index contributed by atoms with van der Waals surface area (Å²) in [6, 6.07) is 7.37. The Morgan fingerprint density at radius 3 is 2.89 bits per heavy atom. The van der Waals surface area contributed by atoms with Crippen molar-refractivity contribution in [3.63, 3.8) is 0 Å². The van der Waals surface area contributed by atoms with Crippen LogP contribution in [0.1, 0.15) is 11.9 Å². The van der Waals surface area contributed by atoms with E-state index in [-0.39, 0.29) is 12.1 Å². The highest BCUT2D eigenvalue weighted by molar-refractivity contribution is 5.40. The van der Waals surface area contributed by atoms with Gasteiger partial charge in [0, 0.05) is 19.4 Å². The minimum Gasteiger partial charge on any atom is -0.486 e. The van der Waals surface area contributed by atoms with Gasteiger partial charge in [0.25, 0.3) is 0 Å². The number of hydrazine groups is 1. The Hall–Kier alpha value is -2.05. The number of imidazole rings is 1. The average molecular weight is 260 g/mol. The van der Waals surface area contributed by atoms with Gasteiger partial charge in [-0.2, -0.15) is 0 Å². The van der Waals surface area contributed by atoms with Gasteiger partial charge in [-0.1, -0.05) is 12.1 Å². The van der Waals surface area contributed by atoms with Crippen molar-refractivity contribution in [1.82, 2.24) is 15.0 Å². The van der Waals surface area contributed by atoms with E-state index in [1.807, 2.05) is 42.1 Å². The van der Waals surface area contributed by atoms with Crippen molar-refractivity contribution in [3.05, 3.63) is 42.5 Å². The number of aryl methyl sites for hydroxylation is 1. The summed E-state index contributed by atoms with van der Waals surface area (Å²) in [6.07, 6.45) is 3.38. The summed E-state index contributed by atoms with van der Waals surface area (Å²) in [4.78, 5) is 4.30. The summed E-state index contributed by atoms with van der Waals surface area (Å²) in [5.41, 5.74) is 2.76. The van der Waals surface area contributed by atoms with Crippen molar-refractivity contribution in [2.24, 2.45) is 12.9 Å². The van der Waals surface area contributed by atoms with E-state index in [2.05, 4.69) is 10.4 Å². The zero-order chi connectivity index (χ0) is 13.2. The van der Waals surface area contributed by atoms with Gasteiger partial charge in [0.2, 0.25) is 0 Å². The molecule has 3 rings (SSSR count). The number of para-hydroxylation sites is 2. The number of hydrogen-bond acceptors (Lipinski definition) is 5. The Balaban J connectivity index is 1.85. The molecule has 2 aromatic rings. The van der Waals surface area contributed by atoms with E-state index in [4.69, 9.17) is 15.3 Å². The first-order valence-corrected chi connectivity index (χ1v) is 6.11. The van der Waals surface area contributed by atoms with Gasteiger partial charge in [0.05, 0.1) is 0 Å². The first kappa shape index (κ1) is 12.0. The van der Waals surface area contributed by atoms with Crippen molar-refractivity contribution < 1.29 is 9.47 Å². The van der Waals surface area contributed by atoms with Crippen LogP contribution in [0.2, 0.25) is 0 Å². The zero-order valence-corrected chi connectivity index (χ0v) is 10.6. The van der Waals surface area contributed by atoms with E-state index in [0.29, 0.717) is 6.61 Å². The average Bonchev–Trinajstić information content (AvgIpc) is 2.86. The molecular formula is C13H16N4O2. The van der Waals surface area contributed by atoms with E-state index < -0.39 is 0 Å². The zero-order valence-electron chi connectivity index (χ0n) is 10.6. The first-order valence-electron chi connectivity index (χ1n) is 6.11. The molecular weight excluding hydrogens is 244 g/mol. The van der Waals surface area contributed by atoms with Gasteiger partial charge < -0.3 is 14.0 Å². The topological polar surface area (TPSA) is 74.3 Å². The molecule has 2 atom stereocenters. The highest BCUT2D eigenvalue weighted by atomic mass is 16.6. The summed E-state index contributed by atoms with van der Waals surface area (Å²) in [5, 5.41) is 0. The lowest BCUT2D eigenvalue weighted by Gasteiger charge is -2.31. The molecule has 2 unspecified atom stereocenters. The fourth-order valence-electron chi connectivity index (χ4n) is 2.23. The van der Waals surface area contributed by atoms with Gasteiger partial charge in [0.1, 0.15) is 18.5 Å². The lowest BCUT2D eigenvalue weighted by Crippen LogP contribution is -2.45. The van der Waals surface area contributed by atoms with Crippen molar-refractivity contribution in [1.29, 1.82) is 0 Å². The molecule has 0 saturated carbocycles. The molecule has 6 nitrogen and oxygen atoms in total. The van der Waals surface area contributed by atoms with E-state index in [0.717, 1.165) is 17.3 Å². The molecule has 0 spiro atoms. The highest BCUT2D eigenvalue weighted by Gasteiger charge is 2.31. The quantitative estimate of drug-likeness (QED) is 0.629. The second-order valence-electron chi connectivity index (χ2n) is 4.45.